The molecule has 0 aliphatic carbocycles. The molecule has 0 spiro atoms. The van der Waals surface area contributed by atoms with Gasteiger partial charge in [-0.25, -0.2) is 10.8 Å². The Morgan fingerprint density at radius 2 is 2.18 bits per heavy atom. The molecule has 5 N–H and O–H groups in total. The average Bonchev–Trinajstić information content (AvgIpc) is 2.35. The molecule has 17 heavy (non-hydrogen) atoms. The lowest BCUT2D eigenvalue weighted by Crippen LogP contribution is -2.29. The third kappa shape index (κ3) is 6.13. The van der Waals surface area contributed by atoms with Crippen molar-refractivity contribution < 1.29 is 4.79 Å². The van der Waals surface area contributed by atoms with Gasteiger partial charge in [-0.2, -0.15) is 0 Å². The maximum Gasteiger partial charge on any atom is 0.233 e. The molecular formula is C11H18N4OS. The van der Waals surface area contributed by atoms with Crippen LogP contribution in [-0.4, -0.2) is 16.6 Å². The van der Waals surface area contributed by atoms with Gasteiger partial charge in [0.05, 0.1) is 0 Å². The van der Waals surface area contributed by atoms with Gasteiger partial charge in [-0.3, -0.25) is 10.2 Å². The molecule has 1 aromatic rings. The van der Waals surface area contributed by atoms with Crippen molar-refractivity contribution in [2.45, 2.75) is 30.6 Å². The summed E-state index contributed by atoms with van der Waals surface area (Å²) < 4.78 is 0. The number of nitrogens with zero attached hydrogens (tertiary/aromatic N) is 1. The topological polar surface area (TPSA) is 94.0 Å². The van der Waals surface area contributed by atoms with Crippen molar-refractivity contribution in [3.05, 3.63) is 18.3 Å². The predicted molar refractivity (Wildman–Crippen MR) is 70.2 cm³/mol. The first kappa shape index (κ1) is 13.8. The van der Waals surface area contributed by atoms with E-state index in [1.807, 2.05) is 6.07 Å². The Morgan fingerprint density at radius 3 is 2.82 bits per heavy atom. The van der Waals surface area contributed by atoms with Crippen molar-refractivity contribution in [3.63, 3.8) is 0 Å². The number of nitrogen functional groups attached to an aromatic ring is 1. The third-order valence-electron chi connectivity index (χ3n) is 2.24. The predicted octanol–water partition coefficient (Wildman–Crippen LogP) is 1.31. The van der Waals surface area contributed by atoms with E-state index >= 15 is 0 Å². The second-order valence-electron chi connectivity index (χ2n) is 3.65. The number of hydrazine groups is 1. The average molecular weight is 254 g/mol. The molecule has 0 aliphatic heterocycles. The zero-order chi connectivity index (χ0) is 12.5. The molecule has 6 heteroatoms. The Kier molecular flexibility index (Phi) is 6.42. The molecule has 0 atom stereocenters. The highest BCUT2D eigenvalue weighted by atomic mass is 32.2. The summed E-state index contributed by atoms with van der Waals surface area (Å²) in [5.41, 5.74) is 7.62. The van der Waals surface area contributed by atoms with Crippen LogP contribution >= 0.6 is 11.8 Å². The number of hydrogen-bond acceptors (Lipinski definition) is 5. The lowest BCUT2D eigenvalue weighted by atomic mass is 10.2. The second-order valence-corrected chi connectivity index (χ2v) is 4.81. The minimum absolute atomic E-state index is 0.0969. The van der Waals surface area contributed by atoms with E-state index in [9.17, 15) is 4.79 Å². The Hall–Kier alpha value is -1.27. The van der Waals surface area contributed by atoms with Gasteiger partial charge in [-0.15, -0.1) is 11.8 Å². The Morgan fingerprint density at radius 1 is 1.35 bits per heavy atom. The summed E-state index contributed by atoms with van der Waals surface area (Å²) in [6, 6.07) is 3.77. The van der Waals surface area contributed by atoms with Gasteiger partial charge in [0, 0.05) is 17.5 Å². The second kappa shape index (κ2) is 7.92. The lowest BCUT2D eigenvalue weighted by Gasteiger charge is -2.02. The molecule has 0 radical (unpaired) electrons. The highest BCUT2D eigenvalue weighted by Gasteiger charge is 1.98. The molecule has 1 rings (SSSR count). The van der Waals surface area contributed by atoms with Crippen LogP contribution in [0.4, 0.5) is 5.82 Å². The van der Waals surface area contributed by atoms with E-state index in [-0.39, 0.29) is 5.91 Å². The summed E-state index contributed by atoms with van der Waals surface area (Å²) in [6.45, 7) is 0. The van der Waals surface area contributed by atoms with Crippen LogP contribution < -0.4 is 17.0 Å². The first-order chi connectivity index (χ1) is 8.22. The standard InChI is InChI=1S/C11H18N4OS/c12-10-6-5-9(8-14-10)17-7-3-1-2-4-11(16)15-13/h5-6,8H,1-4,7,13H2,(H2,12,14)(H,15,16). The lowest BCUT2D eigenvalue weighted by molar-refractivity contribution is -0.121. The van der Waals surface area contributed by atoms with Crippen LogP contribution in [0, 0.1) is 0 Å². The van der Waals surface area contributed by atoms with Gasteiger partial charge in [0.15, 0.2) is 0 Å². The van der Waals surface area contributed by atoms with E-state index in [2.05, 4.69) is 10.4 Å². The number of pyridine rings is 1. The maximum atomic E-state index is 10.8. The van der Waals surface area contributed by atoms with Crippen LogP contribution in [0.2, 0.25) is 0 Å². The summed E-state index contributed by atoms with van der Waals surface area (Å²) in [4.78, 5) is 16.0. The molecule has 0 fully saturated rings. The van der Waals surface area contributed by atoms with Crippen LogP contribution in [0.5, 0.6) is 0 Å². The van der Waals surface area contributed by atoms with Crippen molar-refractivity contribution in [2.75, 3.05) is 11.5 Å². The van der Waals surface area contributed by atoms with E-state index < -0.39 is 0 Å². The minimum atomic E-state index is -0.0969. The Balaban J connectivity index is 2.04. The smallest absolute Gasteiger partial charge is 0.233 e. The van der Waals surface area contributed by atoms with Gasteiger partial charge in [-0.1, -0.05) is 6.42 Å². The SMILES string of the molecule is NNC(=O)CCCCCSc1ccc(N)nc1. The molecule has 1 heterocycles. The van der Waals surface area contributed by atoms with Crippen molar-refractivity contribution in [1.29, 1.82) is 0 Å². The molecule has 0 bridgehead atoms. The van der Waals surface area contributed by atoms with E-state index in [0.717, 1.165) is 29.9 Å². The first-order valence-corrected chi connectivity index (χ1v) is 6.54. The molecule has 5 nitrogen and oxygen atoms in total. The fourth-order valence-electron chi connectivity index (χ4n) is 1.30. The van der Waals surface area contributed by atoms with Crippen LogP contribution in [-0.2, 0) is 4.79 Å². The number of carbonyl (C=O) groups is 1. The molecule has 1 aromatic heterocycles. The number of unbranched alkanes of at least 4 members (excludes halogenated alkanes) is 2. The largest absolute Gasteiger partial charge is 0.384 e. The fraction of sp³-hybridized carbons (Fsp3) is 0.455. The van der Waals surface area contributed by atoms with Crippen molar-refractivity contribution in [1.82, 2.24) is 10.4 Å². The monoisotopic (exact) mass is 254 g/mol. The van der Waals surface area contributed by atoms with Crippen LogP contribution in [0.3, 0.4) is 0 Å². The van der Waals surface area contributed by atoms with Gasteiger partial charge in [-0.05, 0) is 30.7 Å². The first-order valence-electron chi connectivity index (χ1n) is 5.56. The van der Waals surface area contributed by atoms with Gasteiger partial charge in [0.25, 0.3) is 0 Å². The van der Waals surface area contributed by atoms with Crippen LogP contribution in [0.15, 0.2) is 23.2 Å². The normalized spacial score (nSPS) is 10.2. The molecular weight excluding hydrogens is 236 g/mol. The summed E-state index contributed by atoms with van der Waals surface area (Å²) >= 11 is 1.75. The van der Waals surface area contributed by atoms with Crippen LogP contribution in [0.1, 0.15) is 25.7 Å². The summed E-state index contributed by atoms with van der Waals surface area (Å²) in [7, 11) is 0. The van der Waals surface area contributed by atoms with Crippen LogP contribution in [0.25, 0.3) is 0 Å². The molecule has 0 aliphatic rings. The van der Waals surface area contributed by atoms with Gasteiger partial charge in [0.1, 0.15) is 5.82 Å². The molecule has 0 saturated carbocycles. The van der Waals surface area contributed by atoms with E-state index in [1.54, 1.807) is 24.0 Å². The zero-order valence-corrected chi connectivity index (χ0v) is 10.5. The molecule has 0 aromatic carbocycles. The van der Waals surface area contributed by atoms with E-state index in [4.69, 9.17) is 11.6 Å². The van der Waals surface area contributed by atoms with Crippen molar-refractivity contribution in [2.24, 2.45) is 5.84 Å². The fourth-order valence-corrected chi connectivity index (χ4v) is 2.18. The number of nitrogens with two attached hydrogens (primary N) is 2. The number of aromatic nitrogens is 1. The Labute approximate surface area is 105 Å². The number of thioether (sulfide) groups is 1. The molecule has 1 amide bonds. The third-order valence-corrected chi connectivity index (χ3v) is 3.30. The number of anilines is 1. The Bertz CT molecular complexity index is 342. The summed E-state index contributed by atoms with van der Waals surface area (Å²) in [5, 5.41) is 0. The van der Waals surface area contributed by atoms with Crippen molar-refractivity contribution in [3.8, 4) is 0 Å². The highest BCUT2D eigenvalue weighted by Crippen LogP contribution is 2.19. The molecule has 0 saturated heterocycles. The zero-order valence-electron chi connectivity index (χ0n) is 9.69. The molecule has 94 valence electrons. The highest BCUT2D eigenvalue weighted by molar-refractivity contribution is 7.99. The molecule has 0 unspecified atom stereocenters. The van der Waals surface area contributed by atoms with Gasteiger partial charge < -0.3 is 5.73 Å². The number of amides is 1. The van der Waals surface area contributed by atoms with Gasteiger partial charge >= 0.3 is 0 Å². The number of nitrogens with one attached hydrogen (secondary N) is 1. The quantitative estimate of drug-likeness (QED) is 0.224. The summed E-state index contributed by atoms with van der Waals surface area (Å²) in [5.74, 6) is 6.45. The number of carbonyl (C=O) groups excluding carboxylic acids is 1. The number of rotatable bonds is 7. The maximum absolute atomic E-state index is 10.8. The number of hydrogen-bond donors (Lipinski definition) is 3. The van der Waals surface area contributed by atoms with E-state index in [1.165, 1.54) is 0 Å². The minimum Gasteiger partial charge on any atom is -0.384 e. The van der Waals surface area contributed by atoms with Gasteiger partial charge in [0.2, 0.25) is 5.91 Å². The van der Waals surface area contributed by atoms with Crippen molar-refractivity contribution >= 4 is 23.5 Å². The van der Waals surface area contributed by atoms with E-state index in [0.29, 0.717) is 12.2 Å². The summed E-state index contributed by atoms with van der Waals surface area (Å²) in [6.07, 6.45) is 5.27.